The molecule has 0 saturated carbocycles. The third-order valence-electron chi connectivity index (χ3n) is 3.72. The summed E-state index contributed by atoms with van der Waals surface area (Å²) in [6.07, 6.45) is -0.413. The van der Waals surface area contributed by atoms with Gasteiger partial charge in [0.15, 0.2) is 11.5 Å². The minimum absolute atomic E-state index is 0.0217. The van der Waals surface area contributed by atoms with Crippen molar-refractivity contribution in [1.82, 2.24) is 10.5 Å². The molecule has 28 heavy (non-hydrogen) atoms. The number of thiophene rings is 1. The molecule has 10 heteroatoms. The van der Waals surface area contributed by atoms with Crippen molar-refractivity contribution in [3.63, 3.8) is 0 Å². The summed E-state index contributed by atoms with van der Waals surface area (Å²) in [6, 6.07) is 5.39. The van der Waals surface area contributed by atoms with E-state index in [1.165, 1.54) is 11.3 Å². The molecule has 0 aromatic carbocycles. The number of nitrogens with zero attached hydrogens (tertiary/aromatic N) is 2. The van der Waals surface area contributed by atoms with Gasteiger partial charge in [-0.25, -0.2) is 9.59 Å². The number of carbonyl (C=O) groups is 3. The van der Waals surface area contributed by atoms with Crippen LogP contribution in [0.5, 0.6) is 0 Å². The van der Waals surface area contributed by atoms with E-state index in [2.05, 4.69) is 10.5 Å². The lowest BCUT2D eigenvalue weighted by Gasteiger charge is -2.29. The van der Waals surface area contributed by atoms with Crippen molar-refractivity contribution in [2.45, 2.75) is 32.7 Å². The van der Waals surface area contributed by atoms with Crippen molar-refractivity contribution in [3.05, 3.63) is 28.8 Å². The molecular formula is C18H19N3O6S. The predicted molar refractivity (Wildman–Crippen MR) is 98.0 cm³/mol. The minimum atomic E-state index is -2.18. The maximum atomic E-state index is 12.8. The van der Waals surface area contributed by atoms with Gasteiger partial charge in [-0.1, -0.05) is 11.2 Å². The monoisotopic (exact) mass is 405 g/mol. The molecule has 0 unspecified atom stereocenters. The van der Waals surface area contributed by atoms with Gasteiger partial charge in [0, 0.05) is 18.9 Å². The van der Waals surface area contributed by atoms with Gasteiger partial charge in [-0.05, 0) is 25.3 Å². The highest BCUT2D eigenvalue weighted by molar-refractivity contribution is 7.13. The number of hydrogen-bond donors (Lipinski definition) is 1. The van der Waals surface area contributed by atoms with Crippen LogP contribution in [-0.4, -0.2) is 41.8 Å². The number of ether oxygens (including phenoxy) is 2. The average molecular weight is 405 g/mol. The zero-order chi connectivity index (χ0) is 20.7. The molecule has 2 heterocycles. The van der Waals surface area contributed by atoms with Crippen LogP contribution in [0.15, 0.2) is 22.0 Å². The lowest BCUT2D eigenvalue weighted by atomic mass is 9.89. The second-order valence-electron chi connectivity index (χ2n) is 5.63. The molecule has 1 amide bonds. The first-order valence-corrected chi connectivity index (χ1v) is 9.33. The van der Waals surface area contributed by atoms with Crippen LogP contribution < -0.4 is 5.32 Å². The number of nitrogens with one attached hydrogen (secondary N) is 1. The molecule has 0 radical (unpaired) electrons. The van der Waals surface area contributed by atoms with E-state index in [9.17, 15) is 19.6 Å². The highest BCUT2D eigenvalue weighted by atomic mass is 32.1. The molecular weight excluding hydrogens is 386 g/mol. The molecule has 0 saturated heterocycles. The van der Waals surface area contributed by atoms with Gasteiger partial charge in [0.05, 0.1) is 18.1 Å². The Morgan fingerprint density at radius 3 is 2.39 bits per heavy atom. The number of carbonyl (C=O) groups excluding carboxylic acids is 3. The van der Waals surface area contributed by atoms with Crippen molar-refractivity contribution >= 4 is 29.2 Å². The Bertz CT molecular complexity index is 879. The number of rotatable bonds is 8. The fourth-order valence-electron chi connectivity index (χ4n) is 2.61. The Kier molecular flexibility index (Phi) is 6.89. The highest BCUT2D eigenvalue weighted by Gasteiger charge is 2.51. The number of amides is 1. The zero-order valence-electron chi connectivity index (χ0n) is 15.6. The fraction of sp³-hybridized carbons (Fsp3) is 0.389. The molecule has 0 fully saturated rings. The molecule has 2 aromatic heterocycles. The van der Waals surface area contributed by atoms with E-state index in [1.807, 2.05) is 6.07 Å². The molecule has 148 valence electrons. The van der Waals surface area contributed by atoms with Gasteiger partial charge in [-0.3, -0.25) is 4.79 Å². The molecule has 2 rings (SSSR count). The quantitative estimate of drug-likeness (QED) is 0.520. The summed E-state index contributed by atoms with van der Waals surface area (Å²) in [5, 5.41) is 17.3. The molecule has 1 N–H and O–H groups in total. The molecule has 0 aliphatic heterocycles. The first kappa shape index (κ1) is 21.1. The van der Waals surface area contributed by atoms with E-state index in [-0.39, 0.29) is 30.2 Å². The smallest absolute Gasteiger partial charge is 0.344 e. The maximum Gasteiger partial charge on any atom is 0.344 e. The summed E-state index contributed by atoms with van der Waals surface area (Å²) in [4.78, 5) is 38.0. The molecule has 9 nitrogen and oxygen atoms in total. The summed E-state index contributed by atoms with van der Waals surface area (Å²) in [5.74, 6) is -2.40. The van der Waals surface area contributed by atoms with Crippen LogP contribution in [-0.2, 0) is 30.3 Å². The molecule has 0 spiro atoms. The zero-order valence-corrected chi connectivity index (χ0v) is 16.4. The van der Waals surface area contributed by atoms with Crippen LogP contribution in [0.25, 0.3) is 10.6 Å². The molecule has 0 bridgehead atoms. The summed E-state index contributed by atoms with van der Waals surface area (Å²) < 4.78 is 15.4. The lowest BCUT2D eigenvalue weighted by molar-refractivity contribution is -0.168. The molecule has 0 aliphatic rings. The van der Waals surface area contributed by atoms with Gasteiger partial charge in [-0.15, -0.1) is 11.3 Å². The van der Waals surface area contributed by atoms with Crippen LogP contribution in [0.4, 0.5) is 0 Å². The summed E-state index contributed by atoms with van der Waals surface area (Å²) in [5.41, 5.74) is -2.09. The second-order valence-corrected chi connectivity index (χ2v) is 6.58. The first-order chi connectivity index (χ1) is 13.4. The van der Waals surface area contributed by atoms with Crippen molar-refractivity contribution in [2.24, 2.45) is 0 Å². The van der Waals surface area contributed by atoms with Crippen molar-refractivity contribution in [1.29, 1.82) is 5.26 Å². The van der Waals surface area contributed by atoms with Gasteiger partial charge >= 0.3 is 11.9 Å². The molecule has 0 aliphatic carbocycles. The maximum absolute atomic E-state index is 12.8. The van der Waals surface area contributed by atoms with E-state index in [0.29, 0.717) is 4.88 Å². The van der Waals surface area contributed by atoms with Gasteiger partial charge in [0.2, 0.25) is 11.4 Å². The van der Waals surface area contributed by atoms with Crippen molar-refractivity contribution in [2.75, 3.05) is 13.2 Å². The van der Waals surface area contributed by atoms with E-state index >= 15 is 0 Å². The largest absolute Gasteiger partial charge is 0.464 e. The van der Waals surface area contributed by atoms with Gasteiger partial charge in [0.1, 0.15) is 6.07 Å². The van der Waals surface area contributed by atoms with Gasteiger partial charge in [0.25, 0.3) is 0 Å². The average Bonchev–Trinajstić information content (AvgIpc) is 3.30. The third kappa shape index (κ3) is 4.20. The van der Waals surface area contributed by atoms with E-state index in [1.54, 1.807) is 31.4 Å². The van der Waals surface area contributed by atoms with Crippen molar-refractivity contribution in [3.8, 4) is 16.7 Å². The SMILES string of the molecule is CCOC(=O)C(Cc1c(C#N)noc1-c1cccs1)(NC(C)=O)C(=O)OCC. The number of nitriles is 1. The topological polar surface area (TPSA) is 132 Å². The molecule has 2 aromatic rings. The second kappa shape index (κ2) is 9.14. The Morgan fingerprint density at radius 1 is 1.29 bits per heavy atom. The van der Waals surface area contributed by atoms with Crippen LogP contribution in [0.1, 0.15) is 32.0 Å². The lowest BCUT2D eigenvalue weighted by Crippen LogP contribution is -2.62. The number of hydrogen-bond acceptors (Lipinski definition) is 9. The van der Waals surface area contributed by atoms with Crippen LogP contribution in [0.2, 0.25) is 0 Å². The molecule has 0 atom stereocenters. The van der Waals surface area contributed by atoms with E-state index in [4.69, 9.17) is 14.0 Å². The van der Waals surface area contributed by atoms with Crippen LogP contribution in [0, 0.1) is 11.3 Å². The summed E-state index contributed by atoms with van der Waals surface area (Å²) in [7, 11) is 0. The minimum Gasteiger partial charge on any atom is -0.464 e. The Balaban J connectivity index is 2.63. The summed E-state index contributed by atoms with van der Waals surface area (Å²) >= 11 is 1.33. The van der Waals surface area contributed by atoms with E-state index in [0.717, 1.165) is 6.92 Å². The first-order valence-electron chi connectivity index (χ1n) is 8.45. The third-order valence-corrected chi connectivity index (χ3v) is 4.59. The number of esters is 2. The normalized spacial score (nSPS) is 10.8. The summed E-state index contributed by atoms with van der Waals surface area (Å²) in [6.45, 7) is 4.25. The fourth-order valence-corrected chi connectivity index (χ4v) is 3.34. The van der Waals surface area contributed by atoms with Gasteiger partial charge in [-0.2, -0.15) is 5.26 Å². The van der Waals surface area contributed by atoms with E-state index < -0.39 is 29.8 Å². The Hall–Kier alpha value is -3.19. The Labute approximate surface area is 165 Å². The Morgan fingerprint density at radius 2 is 1.93 bits per heavy atom. The highest BCUT2D eigenvalue weighted by Crippen LogP contribution is 2.33. The standard InChI is InChI=1S/C18H19N3O6S/c1-4-25-16(23)18(20-11(3)22,17(24)26-5-2)9-12-13(10-19)21-27-15(12)14-7-6-8-28-14/h6-8H,4-5,9H2,1-3H3,(H,20,22). The van der Waals surface area contributed by atoms with Crippen LogP contribution in [0.3, 0.4) is 0 Å². The van der Waals surface area contributed by atoms with Crippen LogP contribution >= 0.6 is 11.3 Å². The van der Waals surface area contributed by atoms with Gasteiger partial charge < -0.3 is 19.3 Å². The predicted octanol–water partition coefficient (Wildman–Crippen LogP) is 1.82. The van der Waals surface area contributed by atoms with Crippen molar-refractivity contribution < 1.29 is 28.4 Å². The number of aromatic nitrogens is 1.